The molecule has 0 bridgehead atoms. The maximum absolute atomic E-state index is 11.9. The van der Waals surface area contributed by atoms with Crippen molar-refractivity contribution in [1.82, 2.24) is 15.2 Å². The molecule has 0 aliphatic rings. The number of aryl methyl sites for hydroxylation is 1. The van der Waals surface area contributed by atoms with Gasteiger partial charge in [-0.05, 0) is 30.5 Å². The molecule has 128 valence electrons. The highest BCUT2D eigenvalue weighted by Gasteiger charge is 2.15. The summed E-state index contributed by atoms with van der Waals surface area (Å²) in [6.07, 6.45) is 1.78. The van der Waals surface area contributed by atoms with Gasteiger partial charge in [-0.3, -0.25) is 4.79 Å². The Kier molecular flexibility index (Phi) is 5.53. The second-order valence-electron chi connectivity index (χ2n) is 5.20. The molecule has 0 aliphatic carbocycles. The van der Waals surface area contributed by atoms with Gasteiger partial charge in [-0.15, -0.1) is 11.3 Å². The normalized spacial score (nSPS) is 11.2. The zero-order valence-corrected chi connectivity index (χ0v) is 15.6. The third kappa shape index (κ3) is 4.10. The first-order chi connectivity index (χ1) is 12.1. The van der Waals surface area contributed by atoms with Crippen LogP contribution in [-0.2, 0) is 11.2 Å². The van der Waals surface area contributed by atoms with E-state index in [4.69, 9.17) is 23.2 Å². The summed E-state index contributed by atoms with van der Waals surface area (Å²) in [4.78, 5) is 12.8. The molecular formula is C17H14Cl2N4OS. The quantitative estimate of drug-likeness (QED) is 0.521. The number of rotatable bonds is 5. The number of thiophene rings is 1. The zero-order chi connectivity index (χ0) is 17.8. The van der Waals surface area contributed by atoms with Crippen molar-refractivity contribution in [2.24, 2.45) is 5.10 Å². The van der Waals surface area contributed by atoms with Gasteiger partial charge in [0.05, 0.1) is 34.6 Å². The van der Waals surface area contributed by atoms with Crippen LogP contribution in [-0.4, -0.2) is 21.9 Å². The lowest BCUT2D eigenvalue weighted by Gasteiger charge is -2.04. The monoisotopic (exact) mass is 392 g/mol. The molecule has 3 aromatic rings. The summed E-state index contributed by atoms with van der Waals surface area (Å²) in [6.45, 7) is 1.81. The van der Waals surface area contributed by atoms with Gasteiger partial charge in [-0.1, -0.05) is 41.4 Å². The standard InChI is InChI=1S/C17H14Cl2N4OS/c1-11-13(10-20-21-16(24)9-12-5-4-8-25-12)17(19)23(22-11)15-7-3-2-6-14(15)18/h2-8,10H,9H2,1H3,(H,21,24)/b20-10+. The number of amides is 1. The van der Waals surface area contributed by atoms with Crippen molar-refractivity contribution in [3.63, 3.8) is 0 Å². The highest BCUT2D eigenvalue weighted by atomic mass is 35.5. The average Bonchev–Trinajstić information content (AvgIpc) is 3.18. The smallest absolute Gasteiger partial charge is 0.245 e. The van der Waals surface area contributed by atoms with Crippen LogP contribution in [0.3, 0.4) is 0 Å². The highest BCUT2D eigenvalue weighted by Crippen LogP contribution is 2.26. The van der Waals surface area contributed by atoms with Crippen molar-refractivity contribution in [3.8, 4) is 5.69 Å². The number of nitrogens with one attached hydrogen (secondary N) is 1. The summed E-state index contributed by atoms with van der Waals surface area (Å²) in [6, 6.07) is 11.1. The van der Waals surface area contributed by atoms with Gasteiger partial charge in [0.2, 0.25) is 5.91 Å². The van der Waals surface area contributed by atoms with E-state index in [9.17, 15) is 4.79 Å². The molecule has 8 heteroatoms. The Morgan fingerprint density at radius 1 is 1.32 bits per heavy atom. The van der Waals surface area contributed by atoms with E-state index in [1.54, 1.807) is 10.7 Å². The van der Waals surface area contributed by atoms with E-state index in [1.165, 1.54) is 17.6 Å². The first-order valence-electron chi connectivity index (χ1n) is 7.40. The van der Waals surface area contributed by atoms with E-state index < -0.39 is 0 Å². The lowest BCUT2D eigenvalue weighted by Crippen LogP contribution is -2.19. The summed E-state index contributed by atoms with van der Waals surface area (Å²) in [5.74, 6) is -0.189. The Hall–Kier alpha value is -2.15. The molecular weight excluding hydrogens is 379 g/mol. The predicted molar refractivity (Wildman–Crippen MR) is 102 cm³/mol. The topological polar surface area (TPSA) is 59.3 Å². The van der Waals surface area contributed by atoms with E-state index >= 15 is 0 Å². The van der Waals surface area contributed by atoms with Gasteiger partial charge in [-0.25, -0.2) is 10.1 Å². The number of hydrazone groups is 1. The Morgan fingerprint density at radius 3 is 2.84 bits per heavy atom. The maximum Gasteiger partial charge on any atom is 0.245 e. The third-order valence-corrected chi connectivity index (χ3v) is 4.99. The van der Waals surface area contributed by atoms with E-state index in [2.05, 4.69) is 15.6 Å². The van der Waals surface area contributed by atoms with E-state index in [0.29, 0.717) is 33.5 Å². The van der Waals surface area contributed by atoms with Crippen LogP contribution in [0, 0.1) is 6.92 Å². The minimum absolute atomic E-state index is 0.189. The van der Waals surface area contributed by atoms with Gasteiger partial charge in [0, 0.05) is 4.88 Å². The molecule has 0 saturated heterocycles. The van der Waals surface area contributed by atoms with Gasteiger partial charge < -0.3 is 0 Å². The number of halogens is 2. The Morgan fingerprint density at radius 2 is 2.12 bits per heavy atom. The number of benzene rings is 1. The van der Waals surface area contributed by atoms with E-state index in [1.807, 2.05) is 42.6 Å². The molecule has 2 aromatic heterocycles. The molecule has 0 fully saturated rings. The zero-order valence-electron chi connectivity index (χ0n) is 13.2. The molecule has 25 heavy (non-hydrogen) atoms. The fourth-order valence-electron chi connectivity index (χ4n) is 2.22. The molecule has 0 radical (unpaired) electrons. The third-order valence-electron chi connectivity index (χ3n) is 3.43. The average molecular weight is 393 g/mol. The number of hydrogen-bond donors (Lipinski definition) is 1. The van der Waals surface area contributed by atoms with Crippen molar-refractivity contribution < 1.29 is 4.79 Å². The molecule has 2 heterocycles. The van der Waals surface area contributed by atoms with Crippen LogP contribution < -0.4 is 5.43 Å². The number of para-hydroxylation sites is 1. The first-order valence-corrected chi connectivity index (χ1v) is 9.04. The number of aromatic nitrogens is 2. The fourth-order valence-corrected chi connectivity index (χ4v) is 3.45. The number of hydrogen-bond acceptors (Lipinski definition) is 4. The lowest BCUT2D eigenvalue weighted by atomic mass is 10.3. The van der Waals surface area contributed by atoms with Crippen LogP contribution in [0.2, 0.25) is 10.2 Å². The van der Waals surface area contributed by atoms with Crippen molar-refractivity contribution in [1.29, 1.82) is 0 Å². The first kappa shape index (κ1) is 17.7. The largest absolute Gasteiger partial charge is 0.273 e. The van der Waals surface area contributed by atoms with Crippen molar-refractivity contribution in [2.45, 2.75) is 13.3 Å². The van der Waals surface area contributed by atoms with Gasteiger partial charge in [0.25, 0.3) is 0 Å². The molecule has 3 rings (SSSR count). The molecule has 1 amide bonds. The van der Waals surface area contributed by atoms with Crippen LogP contribution in [0.15, 0.2) is 46.9 Å². The predicted octanol–water partition coefficient (Wildman–Crippen LogP) is 4.24. The molecule has 0 saturated carbocycles. The van der Waals surface area contributed by atoms with Gasteiger partial charge in [0.1, 0.15) is 5.15 Å². The number of nitrogens with zero attached hydrogens (tertiary/aromatic N) is 3. The molecule has 1 aromatic carbocycles. The molecule has 0 unspecified atom stereocenters. The SMILES string of the molecule is Cc1nn(-c2ccccc2Cl)c(Cl)c1/C=N/NC(=O)Cc1cccs1. The van der Waals surface area contributed by atoms with Crippen LogP contribution in [0.1, 0.15) is 16.1 Å². The molecule has 1 N–H and O–H groups in total. The summed E-state index contributed by atoms with van der Waals surface area (Å²) >= 11 is 14.1. The van der Waals surface area contributed by atoms with Crippen molar-refractivity contribution >= 4 is 46.7 Å². The maximum atomic E-state index is 11.9. The Labute approximate surface area is 158 Å². The second kappa shape index (κ2) is 7.82. The lowest BCUT2D eigenvalue weighted by molar-refractivity contribution is -0.120. The van der Waals surface area contributed by atoms with Crippen LogP contribution in [0.5, 0.6) is 0 Å². The summed E-state index contributed by atoms with van der Waals surface area (Å²) < 4.78 is 1.55. The summed E-state index contributed by atoms with van der Waals surface area (Å²) in [5.41, 5.74) is 4.48. The number of carbonyl (C=O) groups excluding carboxylic acids is 1. The van der Waals surface area contributed by atoms with Crippen molar-refractivity contribution in [3.05, 3.63) is 68.1 Å². The summed E-state index contributed by atoms with van der Waals surface area (Å²) in [7, 11) is 0. The Balaban J connectivity index is 1.75. The van der Waals surface area contributed by atoms with Crippen molar-refractivity contribution in [2.75, 3.05) is 0 Å². The summed E-state index contributed by atoms with van der Waals surface area (Å²) in [5, 5.41) is 11.2. The molecule has 0 aliphatic heterocycles. The van der Waals surface area contributed by atoms with Crippen LogP contribution in [0.25, 0.3) is 5.69 Å². The van der Waals surface area contributed by atoms with Gasteiger partial charge in [0.15, 0.2) is 0 Å². The van der Waals surface area contributed by atoms with Gasteiger partial charge in [-0.2, -0.15) is 10.2 Å². The highest BCUT2D eigenvalue weighted by molar-refractivity contribution is 7.10. The van der Waals surface area contributed by atoms with E-state index in [-0.39, 0.29) is 5.91 Å². The van der Waals surface area contributed by atoms with E-state index in [0.717, 1.165) is 4.88 Å². The minimum atomic E-state index is -0.189. The second-order valence-corrected chi connectivity index (χ2v) is 7.00. The molecule has 0 atom stereocenters. The van der Waals surface area contributed by atoms with Gasteiger partial charge >= 0.3 is 0 Å². The van der Waals surface area contributed by atoms with Crippen LogP contribution in [0.4, 0.5) is 0 Å². The minimum Gasteiger partial charge on any atom is -0.273 e. The Bertz CT molecular complexity index is 919. The van der Waals surface area contributed by atoms with Crippen LogP contribution >= 0.6 is 34.5 Å². The number of carbonyl (C=O) groups is 1. The fraction of sp³-hybridized carbons (Fsp3) is 0.118. The molecule has 0 spiro atoms. The molecule has 5 nitrogen and oxygen atoms in total.